The van der Waals surface area contributed by atoms with Crippen LogP contribution in [0.5, 0.6) is 0 Å². The van der Waals surface area contributed by atoms with Crippen LogP contribution in [0.15, 0.2) is 236 Å². The Labute approximate surface area is 431 Å². The second-order valence-electron chi connectivity index (χ2n) is 21.1. The van der Waals surface area contributed by atoms with Gasteiger partial charge in [0.05, 0.1) is 0 Å². The van der Waals surface area contributed by atoms with Gasteiger partial charge in [-0.2, -0.15) is 0 Å². The highest BCUT2D eigenvalue weighted by Gasteiger charge is 2.39. The van der Waals surface area contributed by atoms with Gasteiger partial charge in [-0.05, 0) is 166 Å². The zero-order chi connectivity index (χ0) is 50.4. The van der Waals surface area contributed by atoms with Crippen molar-refractivity contribution in [3.05, 3.63) is 297 Å². The van der Waals surface area contributed by atoms with Crippen molar-refractivity contribution >= 4 is 11.1 Å². The molecule has 3 aliphatic carbocycles. The summed E-state index contributed by atoms with van der Waals surface area (Å²) < 4.78 is 0. The molecule has 11 rings (SSSR count). The summed E-state index contributed by atoms with van der Waals surface area (Å²) in [6.07, 6.45) is 15.6. The van der Waals surface area contributed by atoms with E-state index in [4.69, 9.17) is 0 Å². The van der Waals surface area contributed by atoms with Crippen LogP contribution in [0.1, 0.15) is 102 Å². The van der Waals surface area contributed by atoms with E-state index in [1.54, 1.807) is 0 Å². The predicted molar refractivity (Wildman–Crippen MR) is 312 cm³/mol. The molecule has 0 aromatic heterocycles. The van der Waals surface area contributed by atoms with Crippen LogP contribution in [-0.4, -0.2) is 0 Å². The highest BCUT2D eigenvalue weighted by molar-refractivity contribution is 5.90. The Morgan fingerprint density at radius 1 is 0.472 bits per heavy atom. The Balaban J connectivity index is 0.000000264. The van der Waals surface area contributed by atoms with Crippen LogP contribution < -0.4 is 0 Å². The van der Waals surface area contributed by atoms with Gasteiger partial charge < -0.3 is 0 Å². The molecule has 0 radical (unpaired) electrons. The van der Waals surface area contributed by atoms with Gasteiger partial charge in [0.15, 0.2) is 0 Å². The molecule has 0 saturated carbocycles. The molecule has 0 saturated heterocycles. The Morgan fingerprint density at radius 2 is 1.06 bits per heavy atom. The largest absolute Gasteiger partial charge is 0.0987 e. The molecule has 3 aliphatic rings. The van der Waals surface area contributed by atoms with Crippen molar-refractivity contribution in [3.63, 3.8) is 0 Å². The number of hydrogen-bond donors (Lipinski definition) is 0. The molecule has 0 heterocycles. The molecule has 72 heavy (non-hydrogen) atoms. The summed E-state index contributed by atoms with van der Waals surface area (Å²) >= 11 is 0. The molecule has 8 aromatic rings. The number of rotatable bonds is 8. The molecule has 0 unspecified atom stereocenters. The van der Waals surface area contributed by atoms with Crippen LogP contribution in [0.2, 0.25) is 0 Å². The van der Waals surface area contributed by atoms with Gasteiger partial charge in [0.2, 0.25) is 0 Å². The topological polar surface area (TPSA) is 0 Å². The van der Waals surface area contributed by atoms with Crippen molar-refractivity contribution < 1.29 is 0 Å². The summed E-state index contributed by atoms with van der Waals surface area (Å²) in [5.74, 6) is 0. The van der Waals surface area contributed by atoms with E-state index < -0.39 is 0 Å². The number of allylic oxidation sites excluding steroid dienone is 9. The van der Waals surface area contributed by atoms with Crippen LogP contribution in [0.25, 0.3) is 44.5 Å². The number of benzene rings is 8. The van der Waals surface area contributed by atoms with Gasteiger partial charge in [-0.3, -0.25) is 0 Å². The third kappa shape index (κ3) is 10.7. The summed E-state index contributed by atoms with van der Waals surface area (Å²) in [4.78, 5) is 0. The standard InChI is InChI=1S/C52H48.C13H14.C7H8/c1-8-48-47(46-32-41(38-15-10-9-11-16-38)26-27-49(46)52(48,6)7)33-43-30-42-25-21-37(29-50(42)51(43,4)5)28-36-19-23-39(24-20-36)40-22-18-35(3)45(31-40)44-17-13-12-14-34(44)2;1-11-7-9-13(10-8-11)12-5-3-2-4-6-12;1-7-5-3-2-4-6-7/h8-27,29,31-33H,1,28,30H2,2-7H3;3,5-10H,2,4H2,1H3;2-6H,1H3/b43-33+;;. The van der Waals surface area contributed by atoms with E-state index in [0.717, 1.165) is 12.8 Å². The quantitative estimate of drug-likeness (QED) is 0.142. The fourth-order valence-electron chi connectivity index (χ4n) is 10.9. The number of aryl methyl sites for hydroxylation is 4. The van der Waals surface area contributed by atoms with Crippen molar-refractivity contribution in [3.8, 4) is 33.4 Å². The molecule has 8 aromatic carbocycles. The van der Waals surface area contributed by atoms with E-state index in [9.17, 15) is 0 Å². The monoisotopic (exact) mass is 935 g/mol. The normalized spacial score (nSPS) is 15.4. The van der Waals surface area contributed by atoms with Crippen molar-refractivity contribution in [1.29, 1.82) is 0 Å². The lowest BCUT2D eigenvalue weighted by molar-refractivity contribution is 0.643. The average molecular weight is 935 g/mol. The van der Waals surface area contributed by atoms with Crippen molar-refractivity contribution in [1.82, 2.24) is 0 Å². The molecule has 0 aliphatic heterocycles. The Bertz CT molecular complexity index is 3340. The highest BCUT2D eigenvalue weighted by Crippen LogP contribution is 2.51. The molecular formula is C72H70. The molecule has 0 fully saturated rings. The molecule has 0 nitrogen and oxygen atoms in total. The first-order valence-electron chi connectivity index (χ1n) is 25.9. The average Bonchev–Trinajstić information content (AvgIpc) is 3.78. The Morgan fingerprint density at radius 3 is 1.71 bits per heavy atom. The fourth-order valence-corrected chi connectivity index (χ4v) is 10.9. The maximum atomic E-state index is 4.31. The maximum absolute atomic E-state index is 4.31. The Kier molecular flexibility index (Phi) is 14.7. The first-order chi connectivity index (χ1) is 34.8. The molecule has 0 bridgehead atoms. The zero-order valence-electron chi connectivity index (χ0n) is 43.8. The van der Waals surface area contributed by atoms with Crippen LogP contribution >= 0.6 is 0 Å². The smallest absolute Gasteiger partial charge is 0.0158 e. The van der Waals surface area contributed by atoms with Crippen LogP contribution in [0.4, 0.5) is 0 Å². The van der Waals surface area contributed by atoms with Crippen molar-refractivity contribution in [2.75, 3.05) is 0 Å². The predicted octanol–water partition coefficient (Wildman–Crippen LogP) is 19.3. The molecule has 358 valence electrons. The maximum Gasteiger partial charge on any atom is 0.0158 e. The third-order valence-corrected chi connectivity index (χ3v) is 15.3. The van der Waals surface area contributed by atoms with E-state index in [1.165, 1.54) is 130 Å². The SMILES string of the molecule is C=CC1=C(/C=C2\Cc3ccc(Cc4ccc(-c5ccc(C)c(-c6ccccc6C)c5)cc4)cc3C2(C)C)c2cc(-c3ccccc3)ccc2C1(C)C.Cc1ccc(C2=CCCC=C2)cc1.Cc1ccccc1. The van der Waals surface area contributed by atoms with Gasteiger partial charge in [-0.25, -0.2) is 0 Å². The van der Waals surface area contributed by atoms with Crippen LogP contribution in [0.3, 0.4) is 0 Å². The highest BCUT2D eigenvalue weighted by atomic mass is 14.4. The number of hydrogen-bond acceptors (Lipinski definition) is 0. The summed E-state index contributed by atoms with van der Waals surface area (Å²) in [5.41, 5.74) is 27.8. The van der Waals surface area contributed by atoms with Gasteiger partial charge in [-0.1, -0.05) is 257 Å². The fraction of sp³-hybridized carbons (Fsp3) is 0.194. The first kappa shape index (κ1) is 49.4. The van der Waals surface area contributed by atoms with Gasteiger partial charge in [0.25, 0.3) is 0 Å². The zero-order valence-corrected chi connectivity index (χ0v) is 43.8. The van der Waals surface area contributed by atoms with E-state index in [-0.39, 0.29) is 10.8 Å². The second kappa shape index (κ2) is 21.4. The van der Waals surface area contributed by atoms with Crippen LogP contribution in [0, 0.1) is 27.7 Å². The minimum Gasteiger partial charge on any atom is -0.0987 e. The molecule has 0 N–H and O–H groups in total. The van der Waals surface area contributed by atoms with Crippen LogP contribution in [-0.2, 0) is 23.7 Å². The summed E-state index contributed by atoms with van der Waals surface area (Å²) in [6.45, 7) is 22.4. The minimum absolute atomic E-state index is 0.0708. The van der Waals surface area contributed by atoms with E-state index >= 15 is 0 Å². The summed E-state index contributed by atoms with van der Waals surface area (Å²) in [5, 5.41) is 0. The Hall–Kier alpha value is -7.54. The van der Waals surface area contributed by atoms with Gasteiger partial charge in [0, 0.05) is 10.8 Å². The molecule has 0 heteroatoms. The molecular weight excluding hydrogens is 865 g/mol. The molecule has 0 amide bonds. The third-order valence-electron chi connectivity index (χ3n) is 15.3. The lowest BCUT2D eigenvalue weighted by Crippen LogP contribution is -2.16. The first-order valence-corrected chi connectivity index (χ1v) is 25.9. The van der Waals surface area contributed by atoms with E-state index in [1.807, 2.05) is 18.2 Å². The lowest BCUT2D eigenvalue weighted by Gasteiger charge is -2.24. The molecule has 0 spiro atoms. The van der Waals surface area contributed by atoms with E-state index in [0.29, 0.717) is 0 Å². The van der Waals surface area contributed by atoms with Crippen molar-refractivity contribution in [2.24, 2.45) is 0 Å². The van der Waals surface area contributed by atoms with Gasteiger partial charge in [0.1, 0.15) is 0 Å². The summed E-state index contributed by atoms with van der Waals surface area (Å²) in [7, 11) is 0. The second-order valence-corrected chi connectivity index (χ2v) is 21.1. The number of fused-ring (bicyclic) bond motifs is 2. The van der Waals surface area contributed by atoms with E-state index in [2.05, 4.69) is 262 Å². The molecule has 0 atom stereocenters. The minimum atomic E-state index is -0.0975. The van der Waals surface area contributed by atoms with Gasteiger partial charge >= 0.3 is 0 Å². The lowest BCUT2D eigenvalue weighted by atomic mass is 9.80. The van der Waals surface area contributed by atoms with Gasteiger partial charge in [-0.15, -0.1) is 0 Å². The summed E-state index contributed by atoms with van der Waals surface area (Å²) in [6, 6.07) is 68.6. The van der Waals surface area contributed by atoms with Crippen molar-refractivity contribution in [2.45, 2.75) is 91.9 Å².